The lowest BCUT2D eigenvalue weighted by Crippen LogP contribution is -2.51. The van der Waals surface area contributed by atoms with Crippen molar-refractivity contribution in [2.45, 2.75) is 26.0 Å². The van der Waals surface area contributed by atoms with Crippen LogP contribution in [0.3, 0.4) is 0 Å². The molecule has 1 fully saturated rings. The highest BCUT2D eigenvalue weighted by Gasteiger charge is 2.27. The van der Waals surface area contributed by atoms with E-state index in [2.05, 4.69) is 15.6 Å². The van der Waals surface area contributed by atoms with Crippen LogP contribution in [-0.4, -0.2) is 23.0 Å². The Bertz CT molecular complexity index is 786. The maximum absolute atomic E-state index is 12.2. The Labute approximate surface area is 144 Å². The number of nitrogens with one attached hydrogen (secondary N) is 2. The van der Waals surface area contributed by atoms with Crippen molar-refractivity contribution in [3.8, 4) is 5.75 Å². The Hall–Kier alpha value is -2.60. The van der Waals surface area contributed by atoms with E-state index in [9.17, 15) is 9.59 Å². The lowest BCUT2D eigenvalue weighted by molar-refractivity contribution is -0.134. The van der Waals surface area contributed by atoms with Crippen LogP contribution >= 0.6 is 11.6 Å². The number of β-lactam (4-membered cyclic amide) rings is 1. The molecule has 6 nitrogen and oxygen atoms in total. The van der Waals surface area contributed by atoms with Crippen LogP contribution in [0.1, 0.15) is 17.5 Å². The second-order valence-corrected chi connectivity index (χ2v) is 6.03. The van der Waals surface area contributed by atoms with E-state index in [4.69, 9.17) is 16.3 Å². The van der Waals surface area contributed by atoms with Crippen molar-refractivity contribution in [3.05, 3.63) is 52.8 Å². The molecule has 24 heavy (non-hydrogen) atoms. The van der Waals surface area contributed by atoms with Gasteiger partial charge in [-0.05, 0) is 42.3 Å². The Kier molecular flexibility index (Phi) is 4.66. The highest BCUT2D eigenvalue weighted by atomic mass is 35.5. The number of nitrogens with zero attached hydrogens (tertiary/aromatic N) is 1. The van der Waals surface area contributed by atoms with Gasteiger partial charge in [-0.15, -0.1) is 0 Å². The summed E-state index contributed by atoms with van der Waals surface area (Å²) in [7, 11) is 0. The molecule has 1 saturated heterocycles. The summed E-state index contributed by atoms with van der Waals surface area (Å²) in [5.74, 6) is 0.303. The molecule has 0 saturated carbocycles. The summed E-state index contributed by atoms with van der Waals surface area (Å²) in [4.78, 5) is 27.1. The summed E-state index contributed by atoms with van der Waals surface area (Å²) in [5.41, 5.74) is 2.34. The number of amides is 2. The first kappa shape index (κ1) is 16.3. The summed E-state index contributed by atoms with van der Waals surface area (Å²) in [6, 6.07) is 6.93. The average molecular weight is 346 g/mol. The number of rotatable bonds is 5. The molecule has 2 amide bonds. The first-order chi connectivity index (χ1) is 11.5. The van der Waals surface area contributed by atoms with Gasteiger partial charge in [-0.3, -0.25) is 14.6 Å². The summed E-state index contributed by atoms with van der Waals surface area (Å²) in [5, 5.41) is 5.91. The zero-order valence-corrected chi connectivity index (χ0v) is 13.8. The summed E-state index contributed by atoms with van der Waals surface area (Å²) in [6.07, 6.45) is 3.42. The van der Waals surface area contributed by atoms with Gasteiger partial charge in [0.25, 0.3) is 0 Å². The monoisotopic (exact) mass is 345 g/mol. The summed E-state index contributed by atoms with van der Waals surface area (Å²) in [6.45, 7) is 1.90. The van der Waals surface area contributed by atoms with Gasteiger partial charge in [-0.1, -0.05) is 11.6 Å². The van der Waals surface area contributed by atoms with Gasteiger partial charge in [-0.2, -0.15) is 0 Å². The number of aromatic nitrogens is 1. The number of carbonyl (C=O) groups excluding carboxylic acids is 2. The Morgan fingerprint density at radius 1 is 1.46 bits per heavy atom. The van der Waals surface area contributed by atoms with Crippen LogP contribution in [0.4, 0.5) is 5.69 Å². The van der Waals surface area contributed by atoms with E-state index in [-0.39, 0.29) is 24.5 Å². The Morgan fingerprint density at radius 3 is 2.96 bits per heavy atom. The molecule has 0 unspecified atom stereocenters. The van der Waals surface area contributed by atoms with E-state index in [1.807, 2.05) is 13.0 Å². The molecule has 2 N–H and O–H groups in total. The molecule has 0 spiro atoms. The molecule has 1 aliphatic heterocycles. The molecule has 124 valence electrons. The number of benzene rings is 1. The Balaban J connectivity index is 1.65. The van der Waals surface area contributed by atoms with Crippen molar-refractivity contribution in [2.75, 3.05) is 5.32 Å². The molecule has 2 heterocycles. The van der Waals surface area contributed by atoms with Gasteiger partial charge in [0.05, 0.1) is 24.7 Å². The minimum atomic E-state index is -0.337. The van der Waals surface area contributed by atoms with E-state index < -0.39 is 0 Å². The first-order valence-electron chi connectivity index (χ1n) is 7.45. The molecule has 1 aromatic carbocycles. The molecular formula is C17H16ClN3O3. The van der Waals surface area contributed by atoms with Crippen LogP contribution in [0.25, 0.3) is 0 Å². The molecule has 1 atom stereocenters. The fraction of sp³-hybridized carbons (Fsp3) is 0.235. The molecule has 0 aliphatic carbocycles. The number of ether oxygens (including phenoxy) is 1. The summed E-state index contributed by atoms with van der Waals surface area (Å²) < 4.78 is 5.60. The van der Waals surface area contributed by atoms with Gasteiger partial charge in [0.15, 0.2) is 6.23 Å². The topological polar surface area (TPSA) is 80.3 Å². The molecule has 0 bridgehead atoms. The predicted molar refractivity (Wildman–Crippen MR) is 89.9 cm³/mol. The number of pyridine rings is 1. The van der Waals surface area contributed by atoms with Crippen LogP contribution in [0.2, 0.25) is 5.02 Å². The molecule has 1 aromatic heterocycles. The molecule has 0 radical (unpaired) electrons. The van der Waals surface area contributed by atoms with Crippen molar-refractivity contribution in [2.24, 2.45) is 0 Å². The predicted octanol–water partition coefficient (Wildman–Crippen LogP) is 2.45. The number of hydrogen-bond acceptors (Lipinski definition) is 4. The van der Waals surface area contributed by atoms with Crippen LogP contribution in [-0.2, 0) is 16.0 Å². The van der Waals surface area contributed by atoms with Gasteiger partial charge in [-0.25, -0.2) is 0 Å². The zero-order chi connectivity index (χ0) is 17.1. The molecule has 3 rings (SSSR count). The van der Waals surface area contributed by atoms with Crippen molar-refractivity contribution in [1.82, 2.24) is 10.3 Å². The minimum absolute atomic E-state index is 0.0477. The van der Waals surface area contributed by atoms with Gasteiger partial charge in [0.2, 0.25) is 11.8 Å². The number of aryl methyl sites for hydroxylation is 1. The van der Waals surface area contributed by atoms with Crippen molar-refractivity contribution in [3.63, 3.8) is 0 Å². The third-order valence-corrected chi connectivity index (χ3v) is 3.80. The van der Waals surface area contributed by atoms with Crippen LogP contribution in [0.15, 0.2) is 36.7 Å². The minimum Gasteiger partial charge on any atom is -0.470 e. The van der Waals surface area contributed by atoms with Crippen molar-refractivity contribution in [1.29, 1.82) is 0 Å². The lowest BCUT2D eigenvalue weighted by Gasteiger charge is -2.27. The standard InChI is InChI=1S/C17H16ClN3O3/c1-10-2-3-19-9-14(10)20-15(22)6-11-4-12(18)7-13(5-11)24-17-8-16(23)21-17/h2-5,7,9,17H,6,8H2,1H3,(H,20,22)(H,21,23)/t17-/m0/s1. The van der Waals surface area contributed by atoms with E-state index in [1.54, 1.807) is 30.6 Å². The number of carbonyl (C=O) groups is 2. The smallest absolute Gasteiger partial charge is 0.228 e. The van der Waals surface area contributed by atoms with Crippen molar-refractivity contribution < 1.29 is 14.3 Å². The molecular weight excluding hydrogens is 330 g/mol. The van der Waals surface area contributed by atoms with E-state index in [1.165, 1.54) is 0 Å². The van der Waals surface area contributed by atoms with E-state index in [0.29, 0.717) is 22.9 Å². The normalized spacial score (nSPS) is 16.1. The van der Waals surface area contributed by atoms with Gasteiger partial charge < -0.3 is 15.4 Å². The van der Waals surface area contributed by atoms with E-state index >= 15 is 0 Å². The molecule has 7 heteroatoms. The SMILES string of the molecule is Cc1ccncc1NC(=O)Cc1cc(Cl)cc(O[C@H]2CC(=O)N2)c1. The van der Waals surface area contributed by atoms with Gasteiger partial charge in [0.1, 0.15) is 5.75 Å². The fourth-order valence-electron chi connectivity index (χ4n) is 2.33. The molecule has 1 aliphatic rings. The molecule has 2 aromatic rings. The number of halogens is 1. The van der Waals surface area contributed by atoms with Crippen LogP contribution < -0.4 is 15.4 Å². The third-order valence-electron chi connectivity index (χ3n) is 3.58. The van der Waals surface area contributed by atoms with Crippen LogP contribution in [0.5, 0.6) is 5.75 Å². The van der Waals surface area contributed by atoms with Crippen molar-refractivity contribution >= 4 is 29.1 Å². The number of hydrogen-bond donors (Lipinski definition) is 2. The first-order valence-corrected chi connectivity index (χ1v) is 7.83. The van der Waals surface area contributed by atoms with E-state index in [0.717, 1.165) is 11.1 Å². The maximum atomic E-state index is 12.2. The van der Waals surface area contributed by atoms with Gasteiger partial charge >= 0.3 is 0 Å². The zero-order valence-electron chi connectivity index (χ0n) is 13.0. The average Bonchev–Trinajstić information content (AvgIpc) is 2.47. The Morgan fingerprint density at radius 2 is 2.25 bits per heavy atom. The second-order valence-electron chi connectivity index (χ2n) is 5.59. The quantitative estimate of drug-likeness (QED) is 0.816. The highest BCUT2D eigenvalue weighted by molar-refractivity contribution is 6.30. The third kappa shape index (κ3) is 4.02. The largest absolute Gasteiger partial charge is 0.470 e. The number of anilines is 1. The maximum Gasteiger partial charge on any atom is 0.228 e. The van der Waals surface area contributed by atoms with Crippen LogP contribution in [0, 0.1) is 6.92 Å². The fourth-order valence-corrected chi connectivity index (χ4v) is 2.58. The summed E-state index contributed by atoms with van der Waals surface area (Å²) >= 11 is 6.08. The van der Waals surface area contributed by atoms with Gasteiger partial charge in [0, 0.05) is 11.2 Å². The second kappa shape index (κ2) is 6.88. The highest BCUT2D eigenvalue weighted by Crippen LogP contribution is 2.24. The lowest BCUT2D eigenvalue weighted by atomic mass is 10.1.